The van der Waals surface area contributed by atoms with Crippen molar-refractivity contribution in [3.8, 4) is 0 Å². The molecule has 0 spiro atoms. The van der Waals surface area contributed by atoms with Crippen LogP contribution in [-0.2, 0) is 0 Å². The van der Waals surface area contributed by atoms with Crippen LogP contribution in [0.4, 0.5) is 0 Å². The quantitative estimate of drug-likeness (QED) is 0.672. The Morgan fingerprint density at radius 3 is 1.89 bits per heavy atom. The second kappa shape index (κ2) is 2.54. The predicted molar refractivity (Wildman–Crippen MR) is 37.3 cm³/mol. The van der Waals surface area contributed by atoms with Crippen LogP contribution in [0.2, 0.25) is 15.6 Å². The number of aromatic nitrogens is 2. The molecule has 0 bridgehead atoms. The highest BCUT2D eigenvalue weighted by Crippen LogP contribution is 2.18. The van der Waals surface area contributed by atoms with Gasteiger partial charge in [0.25, 0.3) is 10.3 Å². The molecule has 2 nitrogen and oxygen atoms in total. The standard InChI is InChI=1S/C3Cl4N2/c4-1-2(5)9(7)3(6)8-1/p+1. The molecule has 9 heavy (non-hydrogen) atoms. The van der Waals surface area contributed by atoms with Gasteiger partial charge in [0.05, 0.1) is 0 Å². The van der Waals surface area contributed by atoms with Gasteiger partial charge in [0.1, 0.15) is 11.8 Å². The Balaban J connectivity index is 3.29. The molecule has 0 amide bonds. The Morgan fingerprint density at radius 2 is 1.78 bits per heavy atom. The van der Waals surface area contributed by atoms with Crippen molar-refractivity contribution in [1.29, 1.82) is 0 Å². The monoisotopic (exact) mass is 205 g/mol. The summed E-state index contributed by atoms with van der Waals surface area (Å²) in [4.78, 5) is 2.51. The molecule has 0 saturated heterocycles. The van der Waals surface area contributed by atoms with Crippen LogP contribution < -0.4 is 4.09 Å². The first-order chi connectivity index (χ1) is 4.13. The van der Waals surface area contributed by atoms with Gasteiger partial charge in [-0.2, -0.15) is 0 Å². The van der Waals surface area contributed by atoms with Crippen molar-refractivity contribution in [2.75, 3.05) is 0 Å². The van der Waals surface area contributed by atoms with Gasteiger partial charge < -0.3 is 0 Å². The summed E-state index contributed by atoms with van der Waals surface area (Å²) in [5.74, 6) is 0. The van der Waals surface area contributed by atoms with E-state index < -0.39 is 0 Å². The summed E-state index contributed by atoms with van der Waals surface area (Å²) >= 11 is 21.8. The third kappa shape index (κ3) is 1.27. The van der Waals surface area contributed by atoms with Crippen LogP contribution in [0.15, 0.2) is 0 Å². The van der Waals surface area contributed by atoms with Gasteiger partial charge in [0, 0.05) is 11.6 Å². The van der Waals surface area contributed by atoms with E-state index >= 15 is 0 Å². The first-order valence-electron chi connectivity index (χ1n) is 1.93. The van der Waals surface area contributed by atoms with Crippen LogP contribution >= 0.6 is 46.6 Å². The van der Waals surface area contributed by atoms with E-state index in [-0.39, 0.29) is 15.6 Å². The molecule has 0 aliphatic heterocycles. The third-order valence-electron chi connectivity index (χ3n) is 0.739. The molecular weight excluding hydrogens is 206 g/mol. The molecule has 0 aromatic carbocycles. The smallest absolute Gasteiger partial charge is 0.214 e. The van der Waals surface area contributed by atoms with Gasteiger partial charge in [-0.25, -0.2) is 4.98 Å². The normalized spacial score (nSPS) is 10.2. The summed E-state index contributed by atoms with van der Waals surface area (Å²) in [6.45, 7) is 0. The number of nitrogens with one attached hydrogen (secondary N) is 1. The molecule has 0 radical (unpaired) electrons. The summed E-state index contributed by atoms with van der Waals surface area (Å²) in [5.41, 5.74) is 0. The molecule has 0 aliphatic carbocycles. The van der Waals surface area contributed by atoms with Gasteiger partial charge in [0.2, 0.25) is 0 Å². The minimum Gasteiger partial charge on any atom is -0.214 e. The van der Waals surface area contributed by atoms with E-state index in [1.807, 2.05) is 0 Å². The largest absolute Gasteiger partial charge is 0.372 e. The highest BCUT2D eigenvalue weighted by atomic mass is 35.5. The number of halogens is 4. The van der Waals surface area contributed by atoms with Crippen LogP contribution in [0.5, 0.6) is 0 Å². The van der Waals surface area contributed by atoms with Crippen LogP contribution in [0, 0.1) is 0 Å². The molecule has 50 valence electrons. The molecule has 1 N–H and O–H groups in total. The van der Waals surface area contributed by atoms with Crippen LogP contribution in [-0.4, -0.2) is 4.98 Å². The number of H-pyrrole nitrogens is 1. The van der Waals surface area contributed by atoms with Crippen LogP contribution in [0.25, 0.3) is 0 Å². The van der Waals surface area contributed by atoms with Crippen LogP contribution in [0.1, 0.15) is 0 Å². The van der Waals surface area contributed by atoms with E-state index in [1.165, 1.54) is 0 Å². The fourth-order valence-electron chi connectivity index (χ4n) is 0.364. The Hall–Kier alpha value is 0.370. The van der Waals surface area contributed by atoms with E-state index in [1.54, 1.807) is 0 Å². The zero-order valence-corrected chi connectivity index (χ0v) is 6.98. The summed E-state index contributed by atoms with van der Waals surface area (Å²) in [7, 11) is 0. The first kappa shape index (κ1) is 7.48. The van der Waals surface area contributed by atoms with E-state index in [9.17, 15) is 0 Å². The van der Waals surface area contributed by atoms with Crippen molar-refractivity contribution in [1.82, 2.24) is 4.98 Å². The first-order valence-corrected chi connectivity index (χ1v) is 3.41. The van der Waals surface area contributed by atoms with Crippen molar-refractivity contribution in [3.05, 3.63) is 15.6 Å². The summed E-state index contributed by atoms with van der Waals surface area (Å²) < 4.78 is 1.02. The number of hydrogen-bond acceptors (Lipinski definition) is 0. The van der Waals surface area contributed by atoms with Gasteiger partial charge in [-0.1, -0.05) is 4.09 Å². The fourth-order valence-corrected chi connectivity index (χ4v) is 1.11. The second-order valence-corrected chi connectivity index (χ2v) is 2.73. The van der Waals surface area contributed by atoms with Gasteiger partial charge in [0.15, 0.2) is 0 Å². The maximum absolute atomic E-state index is 5.48. The molecule has 1 rings (SSSR count). The molecule has 0 aliphatic rings. The van der Waals surface area contributed by atoms with Crippen molar-refractivity contribution in [3.63, 3.8) is 0 Å². The van der Waals surface area contributed by atoms with Crippen molar-refractivity contribution in [2.45, 2.75) is 0 Å². The topological polar surface area (TPSA) is 19.7 Å². The van der Waals surface area contributed by atoms with Gasteiger partial charge >= 0.3 is 5.28 Å². The number of aromatic amines is 1. The predicted octanol–water partition coefficient (Wildman–Crippen LogP) is 2.26. The number of imidazole rings is 1. The highest BCUT2D eigenvalue weighted by molar-refractivity contribution is 6.41. The lowest BCUT2D eigenvalue weighted by molar-refractivity contribution is -0.512. The summed E-state index contributed by atoms with van der Waals surface area (Å²) in [6, 6.07) is 0. The molecular formula is C3HCl4N2+. The fraction of sp³-hybridized carbons (Fsp3) is 0. The Bertz CT molecular complexity index is 207. The second-order valence-electron chi connectivity index (χ2n) is 1.30. The molecule has 0 fully saturated rings. The average Bonchev–Trinajstić information content (AvgIpc) is 1.98. The van der Waals surface area contributed by atoms with Crippen LogP contribution in [0.3, 0.4) is 0 Å². The molecule has 1 aromatic rings. The number of rotatable bonds is 0. The zero-order chi connectivity index (χ0) is 7.02. The van der Waals surface area contributed by atoms with Crippen molar-refractivity contribution < 1.29 is 4.09 Å². The lowest BCUT2D eigenvalue weighted by Crippen LogP contribution is -2.19. The molecule has 0 atom stereocenters. The van der Waals surface area contributed by atoms with Gasteiger partial charge in [-0.05, 0) is 23.2 Å². The minimum absolute atomic E-state index is 0.184. The number of hydrogen-bond donors (Lipinski definition) is 1. The SMILES string of the molecule is Clc1[nH]c(Cl)[n+](Cl)c1Cl. The Kier molecular flexibility index (Phi) is 2.11. The maximum atomic E-state index is 5.48. The van der Waals surface area contributed by atoms with Crippen molar-refractivity contribution in [2.24, 2.45) is 0 Å². The van der Waals surface area contributed by atoms with E-state index in [0.29, 0.717) is 0 Å². The molecule has 6 heteroatoms. The third-order valence-corrected chi connectivity index (χ3v) is 2.24. The average molecular weight is 207 g/mol. The highest BCUT2D eigenvalue weighted by Gasteiger charge is 2.18. The van der Waals surface area contributed by atoms with Gasteiger partial charge in [-0.15, -0.1) is 0 Å². The Labute approximate surface area is 71.4 Å². The maximum Gasteiger partial charge on any atom is 0.372 e. The molecule has 0 saturated carbocycles. The number of nitrogens with zero attached hydrogens (tertiary/aromatic N) is 1. The Morgan fingerprint density at radius 1 is 1.22 bits per heavy atom. The zero-order valence-electron chi connectivity index (χ0n) is 3.96. The molecule has 1 aromatic heterocycles. The van der Waals surface area contributed by atoms with E-state index in [0.717, 1.165) is 4.09 Å². The summed E-state index contributed by atoms with van der Waals surface area (Å²) in [5, 5.41) is 0.603. The van der Waals surface area contributed by atoms with Crippen molar-refractivity contribution >= 4 is 46.6 Å². The summed E-state index contributed by atoms with van der Waals surface area (Å²) in [6.07, 6.45) is 0. The lowest BCUT2D eigenvalue weighted by Gasteiger charge is -1.75. The van der Waals surface area contributed by atoms with Gasteiger partial charge in [-0.3, -0.25) is 0 Å². The van der Waals surface area contributed by atoms with E-state index in [2.05, 4.69) is 4.98 Å². The molecule has 1 heterocycles. The van der Waals surface area contributed by atoms with E-state index in [4.69, 9.17) is 46.6 Å². The lowest BCUT2D eigenvalue weighted by atomic mass is 10.9. The molecule has 0 unspecified atom stereocenters. The minimum atomic E-state index is 0.184.